The molecule has 0 bridgehead atoms. The first-order chi connectivity index (χ1) is 5.92. The molecule has 2 aromatic heterocycles. The number of nitrogens with zero attached hydrogens (tertiary/aromatic N) is 4. The van der Waals surface area contributed by atoms with Crippen LogP contribution in [0, 0.1) is 0 Å². The summed E-state index contributed by atoms with van der Waals surface area (Å²) in [4.78, 5) is 12.2. The first-order valence-electron chi connectivity index (χ1n) is 3.52. The van der Waals surface area contributed by atoms with Crippen molar-refractivity contribution in [1.29, 1.82) is 0 Å². The molecule has 0 N–H and O–H groups in total. The third kappa shape index (κ3) is 1.04. The second kappa shape index (κ2) is 2.86. The van der Waals surface area contributed by atoms with E-state index in [2.05, 4.69) is 15.0 Å². The Kier molecular flexibility index (Phi) is 1.71. The minimum absolute atomic E-state index is 0.454. The number of ether oxygens (including phenoxy) is 1. The molecule has 2 rings (SSSR count). The molecule has 0 aliphatic carbocycles. The Morgan fingerprint density at radius 2 is 2.17 bits per heavy atom. The highest BCUT2D eigenvalue weighted by atomic mass is 16.5. The summed E-state index contributed by atoms with van der Waals surface area (Å²) in [6, 6.07) is 0. The standard InChI is InChI=1S/C7H8N4O/c1-12-5-11-4-10-6-7(11)9-3-2-8-6/h2-4H,5H2,1H3. The van der Waals surface area contributed by atoms with E-state index in [-0.39, 0.29) is 0 Å². The van der Waals surface area contributed by atoms with Gasteiger partial charge in [0.05, 0.1) is 0 Å². The fraction of sp³-hybridized carbons (Fsp3) is 0.286. The van der Waals surface area contributed by atoms with Gasteiger partial charge in [0.2, 0.25) is 0 Å². The molecule has 0 saturated carbocycles. The number of aromatic nitrogens is 4. The van der Waals surface area contributed by atoms with Crippen LogP contribution in [0.25, 0.3) is 11.3 Å². The van der Waals surface area contributed by atoms with Crippen molar-refractivity contribution in [2.75, 3.05) is 7.11 Å². The van der Waals surface area contributed by atoms with Crippen molar-refractivity contribution < 1.29 is 4.74 Å². The van der Waals surface area contributed by atoms with E-state index in [4.69, 9.17) is 4.74 Å². The van der Waals surface area contributed by atoms with E-state index in [1.807, 2.05) is 0 Å². The van der Waals surface area contributed by atoms with Crippen LogP contribution in [-0.2, 0) is 11.5 Å². The second-order valence-electron chi connectivity index (χ2n) is 2.34. The molecule has 0 fully saturated rings. The summed E-state index contributed by atoms with van der Waals surface area (Å²) in [6.45, 7) is 0.454. The second-order valence-corrected chi connectivity index (χ2v) is 2.34. The van der Waals surface area contributed by atoms with E-state index in [0.29, 0.717) is 12.4 Å². The lowest BCUT2D eigenvalue weighted by Gasteiger charge is -1.98. The lowest BCUT2D eigenvalue weighted by Crippen LogP contribution is -1.98. The quantitative estimate of drug-likeness (QED) is 0.645. The van der Waals surface area contributed by atoms with Crippen molar-refractivity contribution in [1.82, 2.24) is 19.5 Å². The van der Waals surface area contributed by atoms with Gasteiger partial charge in [-0.15, -0.1) is 0 Å². The summed E-state index contributed by atoms with van der Waals surface area (Å²) in [7, 11) is 1.63. The van der Waals surface area contributed by atoms with Gasteiger partial charge in [0, 0.05) is 19.5 Å². The average molecular weight is 164 g/mol. The first-order valence-corrected chi connectivity index (χ1v) is 3.52. The Balaban J connectivity index is 2.55. The molecule has 0 saturated heterocycles. The lowest BCUT2D eigenvalue weighted by molar-refractivity contribution is 0.134. The van der Waals surface area contributed by atoms with Crippen LogP contribution in [0.3, 0.4) is 0 Å². The van der Waals surface area contributed by atoms with Crippen LogP contribution >= 0.6 is 0 Å². The SMILES string of the molecule is COCn1cnc2nccnc21. The number of rotatable bonds is 2. The molecule has 0 aliphatic heterocycles. The van der Waals surface area contributed by atoms with E-state index in [0.717, 1.165) is 5.65 Å². The van der Waals surface area contributed by atoms with E-state index in [9.17, 15) is 0 Å². The van der Waals surface area contributed by atoms with Crippen molar-refractivity contribution >= 4 is 11.3 Å². The molecule has 2 aromatic rings. The molecule has 12 heavy (non-hydrogen) atoms. The Morgan fingerprint density at radius 1 is 1.33 bits per heavy atom. The van der Waals surface area contributed by atoms with Crippen LogP contribution < -0.4 is 0 Å². The molecule has 0 unspecified atom stereocenters. The largest absolute Gasteiger partial charge is 0.364 e. The fourth-order valence-electron chi connectivity index (χ4n) is 1.03. The van der Waals surface area contributed by atoms with Crippen LogP contribution in [0.1, 0.15) is 0 Å². The summed E-state index contributed by atoms with van der Waals surface area (Å²) in [5, 5.41) is 0. The minimum atomic E-state index is 0.454. The maximum Gasteiger partial charge on any atom is 0.197 e. The number of hydrogen-bond acceptors (Lipinski definition) is 4. The van der Waals surface area contributed by atoms with Gasteiger partial charge in [-0.05, 0) is 0 Å². The molecular weight excluding hydrogens is 156 g/mol. The van der Waals surface area contributed by atoms with E-state index in [1.54, 1.807) is 30.4 Å². The van der Waals surface area contributed by atoms with Gasteiger partial charge in [-0.3, -0.25) is 4.57 Å². The maximum absolute atomic E-state index is 4.95. The lowest BCUT2D eigenvalue weighted by atomic mass is 10.6. The molecule has 0 atom stereocenters. The van der Waals surface area contributed by atoms with Crippen molar-refractivity contribution in [2.45, 2.75) is 6.73 Å². The predicted octanol–water partition coefficient (Wildman–Crippen LogP) is 0.430. The zero-order valence-electron chi connectivity index (χ0n) is 6.64. The first kappa shape index (κ1) is 7.17. The molecule has 0 spiro atoms. The molecular formula is C7H8N4O. The molecule has 0 aliphatic rings. The minimum Gasteiger partial charge on any atom is -0.364 e. The average Bonchev–Trinajstić information content (AvgIpc) is 2.50. The number of methoxy groups -OCH3 is 1. The zero-order chi connectivity index (χ0) is 8.39. The van der Waals surface area contributed by atoms with Gasteiger partial charge >= 0.3 is 0 Å². The van der Waals surface area contributed by atoms with Crippen LogP contribution in [-0.4, -0.2) is 26.6 Å². The highest BCUT2D eigenvalue weighted by molar-refractivity contribution is 5.64. The Labute approximate surface area is 69.0 Å². The number of fused-ring (bicyclic) bond motifs is 1. The number of hydrogen-bond donors (Lipinski definition) is 0. The van der Waals surface area contributed by atoms with Gasteiger partial charge < -0.3 is 4.74 Å². The van der Waals surface area contributed by atoms with Crippen LogP contribution in [0.5, 0.6) is 0 Å². The highest BCUT2D eigenvalue weighted by Gasteiger charge is 2.01. The maximum atomic E-state index is 4.95. The topological polar surface area (TPSA) is 52.8 Å². The van der Waals surface area contributed by atoms with Crippen molar-refractivity contribution in [3.63, 3.8) is 0 Å². The molecule has 62 valence electrons. The van der Waals surface area contributed by atoms with Gasteiger partial charge in [-0.1, -0.05) is 0 Å². The smallest absolute Gasteiger partial charge is 0.197 e. The van der Waals surface area contributed by atoms with E-state index in [1.165, 1.54) is 0 Å². The summed E-state index contributed by atoms with van der Waals surface area (Å²) in [5.74, 6) is 0. The Morgan fingerprint density at radius 3 is 3.00 bits per heavy atom. The summed E-state index contributed by atoms with van der Waals surface area (Å²) >= 11 is 0. The zero-order valence-corrected chi connectivity index (χ0v) is 6.64. The van der Waals surface area contributed by atoms with Gasteiger partial charge in [-0.25, -0.2) is 15.0 Å². The van der Waals surface area contributed by atoms with E-state index < -0.39 is 0 Å². The normalized spacial score (nSPS) is 10.8. The highest BCUT2D eigenvalue weighted by Crippen LogP contribution is 2.04. The molecule has 5 nitrogen and oxygen atoms in total. The van der Waals surface area contributed by atoms with E-state index >= 15 is 0 Å². The van der Waals surface area contributed by atoms with Crippen molar-refractivity contribution in [2.24, 2.45) is 0 Å². The van der Waals surface area contributed by atoms with Gasteiger partial charge in [0.1, 0.15) is 13.1 Å². The van der Waals surface area contributed by atoms with Crippen LogP contribution in [0.15, 0.2) is 18.7 Å². The van der Waals surface area contributed by atoms with Gasteiger partial charge in [-0.2, -0.15) is 0 Å². The van der Waals surface area contributed by atoms with Crippen molar-refractivity contribution in [3.8, 4) is 0 Å². The van der Waals surface area contributed by atoms with Crippen LogP contribution in [0.4, 0.5) is 0 Å². The summed E-state index contributed by atoms with van der Waals surface area (Å²) < 4.78 is 6.74. The van der Waals surface area contributed by atoms with Gasteiger partial charge in [0.15, 0.2) is 11.3 Å². The molecule has 0 radical (unpaired) electrons. The van der Waals surface area contributed by atoms with Crippen LogP contribution in [0.2, 0.25) is 0 Å². The Bertz CT molecular complexity index is 384. The predicted molar refractivity (Wildman–Crippen MR) is 42.3 cm³/mol. The molecule has 2 heterocycles. The molecule has 5 heteroatoms. The summed E-state index contributed by atoms with van der Waals surface area (Å²) in [6.07, 6.45) is 4.91. The number of imidazole rings is 1. The van der Waals surface area contributed by atoms with Crippen molar-refractivity contribution in [3.05, 3.63) is 18.7 Å². The molecule has 0 amide bonds. The molecule has 0 aromatic carbocycles. The third-order valence-electron chi connectivity index (χ3n) is 1.52. The third-order valence-corrected chi connectivity index (χ3v) is 1.52. The Hall–Kier alpha value is -1.49. The fourth-order valence-corrected chi connectivity index (χ4v) is 1.03. The summed E-state index contributed by atoms with van der Waals surface area (Å²) in [5.41, 5.74) is 1.40. The van der Waals surface area contributed by atoms with Gasteiger partial charge in [0.25, 0.3) is 0 Å². The monoisotopic (exact) mass is 164 g/mol.